The summed E-state index contributed by atoms with van der Waals surface area (Å²) in [6.45, 7) is 5.32. The van der Waals surface area contributed by atoms with E-state index >= 15 is 0 Å². The summed E-state index contributed by atoms with van der Waals surface area (Å²) in [5.41, 5.74) is 0. The maximum Gasteiger partial charge on any atom is 0.130 e. The van der Waals surface area contributed by atoms with Gasteiger partial charge < -0.3 is 4.74 Å². The molecule has 3 rings (SSSR count). The van der Waals surface area contributed by atoms with E-state index in [0.717, 1.165) is 10.2 Å². The highest BCUT2D eigenvalue weighted by Gasteiger charge is 2.35. The van der Waals surface area contributed by atoms with Gasteiger partial charge in [0.05, 0.1) is 6.61 Å². The number of hydrogen-bond donors (Lipinski definition) is 0. The molecule has 3 aromatic carbocycles. The predicted octanol–water partition coefficient (Wildman–Crippen LogP) is 4.92. The molecule has 25 heavy (non-hydrogen) atoms. The smallest absolute Gasteiger partial charge is 0.130 e. The third-order valence-corrected chi connectivity index (χ3v) is 8.01. The van der Waals surface area contributed by atoms with Gasteiger partial charge in [0.2, 0.25) is 0 Å². The first-order valence-corrected chi connectivity index (χ1v) is 10.7. The standard InChI is InChI=1S/C22H22BrOSi/c1-22(2,17-24-19-11-9-10-18(23)16-19)25(20-12-5-3-6-13-20)21-14-7-4-8-15-21/h3-16H,17H2,1-2H3. The van der Waals surface area contributed by atoms with E-state index in [1.54, 1.807) is 0 Å². The topological polar surface area (TPSA) is 9.23 Å². The predicted molar refractivity (Wildman–Crippen MR) is 112 cm³/mol. The van der Waals surface area contributed by atoms with E-state index in [1.807, 2.05) is 24.3 Å². The molecule has 0 atom stereocenters. The fraction of sp³-hybridized carbons (Fsp3) is 0.182. The van der Waals surface area contributed by atoms with Crippen LogP contribution in [0.25, 0.3) is 0 Å². The van der Waals surface area contributed by atoms with Gasteiger partial charge in [-0.1, -0.05) is 107 Å². The van der Waals surface area contributed by atoms with E-state index in [9.17, 15) is 0 Å². The molecule has 3 aromatic rings. The minimum Gasteiger partial charge on any atom is -0.493 e. The van der Waals surface area contributed by atoms with Crippen LogP contribution in [-0.2, 0) is 0 Å². The molecule has 0 unspecified atom stereocenters. The Morgan fingerprint density at radius 2 is 1.36 bits per heavy atom. The zero-order valence-electron chi connectivity index (χ0n) is 14.6. The van der Waals surface area contributed by atoms with Crippen molar-refractivity contribution in [1.29, 1.82) is 0 Å². The zero-order valence-corrected chi connectivity index (χ0v) is 17.2. The summed E-state index contributed by atoms with van der Waals surface area (Å²) < 4.78 is 7.21. The van der Waals surface area contributed by atoms with E-state index in [1.165, 1.54) is 10.4 Å². The van der Waals surface area contributed by atoms with Crippen LogP contribution >= 0.6 is 15.9 Å². The number of benzene rings is 3. The molecule has 0 aliphatic carbocycles. The van der Waals surface area contributed by atoms with Gasteiger partial charge in [-0.05, 0) is 18.2 Å². The minimum absolute atomic E-state index is 0.0374. The molecule has 1 radical (unpaired) electrons. The van der Waals surface area contributed by atoms with Crippen LogP contribution in [0, 0.1) is 0 Å². The average Bonchev–Trinajstić information content (AvgIpc) is 2.62. The molecule has 0 bridgehead atoms. The quantitative estimate of drug-likeness (QED) is 0.525. The lowest BCUT2D eigenvalue weighted by atomic mass is 10.2. The lowest BCUT2D eigenvalue weighted by Crippen LogP contribution is -2.51. The largest absolute Gasteiger partial charge is 0.493 e. The molecule has 0 aliphatic heterocycles. The summed E-state index contributed by atoms with van der Waals surface area (Å²) >= 11 is 3.51. The molecule has 0 fully saturated rings. The molecule has 0 heterocycles. The molecule has 0 aromatic heterocycles. The van der Waals surface area contributed by atoms with Crippen LogP contribution < -0.4 is 15.1 Å². The molecule has 127 valence electrons. The van der Waals surface area contributed by atoms with Crippen molar-refractivity contribution < 1.29 is 4.74 Å². The fourth-order valence-corrected chi connectivity index (χ4v) is 6.59. The average molecular weight is 410 g/mol. The Balaban J connectivity index is 1.89. The Hall–Kier alpha value is -1.84. The van der Waals surface area contributed by atoms with Crippen LogP contribution in [-0.4, -0.2) is 15.4 Å². The van der Waals surface area contributed by atoms with Gasteiger partial charge in [-0.25, -0.2) is 0 Å². The van der Waals surface area contributed by atoms with Crippen molar-refractivity contribution in [3.05, 3.63) is 89.4 Å². The third-order valence-electron chi connectivity index (χ3n) is 4.20. The van der Waals surface area contributed by atoms with Crippen LogP contribution in [0.5, 0.6) is 5.75 Å². The van der Waals surface area contributed by atoms with Crippen molar-refractivity contribution in [1.82, 2.24) is 0 Å². The first-order chi connectivity index (χ1) is 12.1. The van der Waals surface area contributed by atoms with Crippen molar-refractivity contribution in [3.8, 4) is 5.75 Å². The maximum absolute atomic E-state index is 6.17. The van der Waals surface area contributed by atoms with Gasteiger partial charge >= 0.3 is 0 Å². The summed E-state index contributed by atoms with van der Waals surface area (Å²) in [6, 6.07) is 29.8. The highest BCUT2D eigenvalue weighted by Crippen LogP contribution is 2.30. The van der Waals surface area contributed by atoms with E-state index in [-0.39, 0.29) is 5.04 Å². The number of halogens is 1. The van der Waals surface area contributed by atoms with Crippen molar-refractivity contribution in [2.75, 3.05) is 6.61 Å². The summed E-state index contributed by atoms with van der Waals surface area (Å²) in [4.78, 5) is 0. The molecule has 0 aliphatic rings. The lowest BCUT2D eigenvalue weighted by Gasteiger charge is -2.33. The second-order valence-corrected chi connectivity index (χ2v) is 10.9. The van der Waals surface area contributed by atoms with Crippen LogP contribution in [0.3, 0.4) is 0 Å². The highest BCUT2D eigenvalue weighted by molar-refractivity contribution is 9.10. The van der Waals surface area contributed by atoms with Gasteiger partial charge in [-0.2, -0.15) is 0 Å². The van der Waals surface area contributed by atoms with E-state index < -0.39 is 8.80 Å². The SMILES string of the molecule is CC(C)(COc1cccc(Br)c1)[Si](c1ccccc1)c1ccccc1. The zero-order chi connectivity index (χ0) is 17.7. The summed E-state index contributed by atoms with van der Waals surface area (Å²) in [6.07, 6.45) is 0. The molecule has 0 amide bonds. The summed E-state index contributed by atoms with van der Waals surface area (Å²) in [7, 11) is -0.992. The number of hydrogen-bond acceptors (Lipinski definition) is 1. The Morgan fingerprint density at radius 3 is 1.88 bits per heavy atom. The number of ether oxygens (including phenoxy) is 1. The molecular formula is C22H22BrOSi. The normalized spacial score (nSPS) is 11.5. The summed E-state index contributed by atoms with van der Waals surface area (Å²) in [5, 5.41) is 2.87. The van der Waals surface area contributed by atoms with E-state index in [4.69, 9.17) is 4.74 Å². The summed E-state index contributed by atoms with van der Waals surface area (Å²) in [5.74, 6) is 0.907. The van der Waals surface area contributed by atoms with Crippen molar-refractivity contribution >= 4 is 35.1 Å². The van der Waals surface area contributed by atoms with Crippen LogP contribution in [0.1, 0.15) is 13.8 Å². The molecule has 0 saturated carbocycles. The molecule has 0 spiro atoms. The van der Waals surface area contributed by atoms with Gasteiger partial charge in [-0.3, -0.25) is 0 Å². The van der Waals surface area contributed by atoms with Gasteiger partial charge in [-0.15, -0.1) is 0 Å². The Bertz CT molecular complexity index is 763. The fourth-order valence-electron chi connectivity index (χ4n) is 3.05. The monoisotopic (exact) mass is 409 g/mol. The van der Waals surface area contributed by atoms with Gasteiger partial charge in [0, 0.05) is 9.51 Å². The maximum atomic E-state index is 6.17. The first kappa shape index (κ1) is 18.0. The van der Waals surface area contributed by atoms with Gasteiger partial charge in [0.1, 0.15) is 14.5 Å². The van der Waals surface area contributed by atoms with E-state index in [2.05, 4.69) is 90.4 Å². The van der Waals surface area contributed by atoms with E-state index in [0.29, 0.717) is 6.61 Å². The minimum atomic E-state index is -0.992. The van der Waals surface area contributed by atoms with Crippen LogP contribution in [0.4, 0.5) is 0 Å². The van der Waals surface area contributed by atoms with Gasteiger partial charge in [0.25, 0.3) is 0 Å². The van der Waals surface area contributed by atoms with Gasteiger partial charge in [0.15, 0.2) is 0 Å². The van der Waals surface area contributed by atoms with Crippen molar-refractivity contribution in [3.63, 3.8) is 0 Å². The molecule has 0 N–H and O–H groups in total. The Kier molecular flexibility index (Phi) is 5.77. The van der Waals surface area contributed by atoms with Crippen molar-refractivity contribution in [2.45, 2.75) is 18.9 Å². The Morgan fingerprint density at radius 1 is 0.800 bits per heavy atom. The lowest BCUT2D eigenvalue weighted by molar-refractivity contribution is 0.277. The van der Waals surface area contributed by atoms with Crippen molar-refractivity contribution in [2.24, 2.45) is 0 Å². The molecule has 0 saturated heterocycles. The highest BCUT2D eigenvalue weighted by atomic mass is 79.9. The third kappa shape index (κ3) is 4.62. The van der Waals surface area contributed by atoms with Crippen LogP contribution in [0.2, 0.25) is 5.04 Å². The first-order valence-electron chi connectivity index (χ1n) is 8.43. The number of rotatable bonds is 6. The molecular weight excluding hydrogens is 388 g/mol. The second-order valence-electron chi connectivity index (χ2n) is 6.74. The molecule has 3 heteroatoms. The Labute approximate surface area is 160 Å². The second kappa shape index (κ2) is 8.02. The van der Waals surface area contributed by atoms with Crippen LogP contribution in [0.15, 0.2) is 89.4 Å². The molecule has 1 nitrogen and oxygen atoms in total.